The Morgan fingerprint density at radius 2 is 2.16 bits per heavy atom. The normalized spacial score (nSPS) is 10.8. The van der Waals surface area contributed by atoms with E-state index in [0.717, 1.165) is 16.5 Å². The number of nitrogens with one attached hydrogen (secondary N) is 1. The van der Waals surface area contributed by atoms with Gasteiger partial charge in [-0.3, -0.25) is 0 Å². The summed E-state index contributed by atoms with van der Waals surface area (Å²) in [7, 11) is 0. The van der Waals surface area contributed by atoms with Crippen LogP contribution in [0.3, 0.4) is 0 Å². The van der Waals surface area contributed by atoms with Gasteiger partial charge < -0.3 is 14.1 Å². The van der Waals surface area contributed by atoms with E-state index in [0.29, 0.717) is 12.4 Å². The lowest BCUT2D eigenvalue weighted by molar-refractivity contribution is 0.0491. The maximum Gasteiger partial charge on any atom is 0.374 e. The van der Waals surface area contributed by atoms with E-state index in [1.54, 1.807) is 19.1 Å². The van der Waals surface area contributed by atoms with Gasteiger partial charge in [-0.1, -0.05) is 0 Å². The fourth-order valence-electron chi connectivity index (χ4n) is 2.01. The van der Waals surface area contributed by atoms with Crippen LogP contribution in [-0.4, -0.2) is 17.6 Å². The molecule has 1 aromatic carbocycles. The van der Waals surface area contributed by atoms with Crippen molar-refractivity contribution in [3.8, 4) is 11.3 Å². The summed E-state index contributed by atoms with van der Waals surface area (Å²) >= 11 is 0. The maximum atomic E-state index is 11.5. The number of carbonyl (C=O) groups is 1. The maximum absolute atomic E-state index is 11.5. The SMILES string of the molecule is CCOC(=O)c1ccc(-c2ccc3[nH]ccc3c2)o1. The fourth-order valence-corrected chi connectivity index (χ4v) is 2.01. The molecule has 0 spiro atoms. The van der Waals surface area contributed by atoms with Crippen molar-refractivity contribution in [2.45, 2.75) is 6.92 Å². The molecular weight excluding hydrogens is 242 g/mol. The van der Waals surface area contributed by atoms with Gasteiger partial charge in [0.2, 0.25) is 5.76 Å². The molecule has 2 heterocycles. The molecule has 0 aliphatic rings. The van der Waals surface area contributed by atoms with Gasteiger partial charge in [-0.25, -0.2) is 4.79 Å². The summed E-state index contributed by atoms with van der Waals surface area (Å²) in [6, 6.07) is 11.4. The van der Waals surface area contributed by atoms with Crippen molar-refractivity contribution in [3.63, 3.8) is 0 Å². The van der Waals surface area contributed by atoms with Crippen LogP contribution < -0.4 is 0 Å². The number of ether oxygens (including phenoxy) is 1. The highest BCUT2D eigenvalue weighted by Gasteiger charge is 2.13. The topological polar surface area (TPSA) is 55.2 Å². The molecule has 0 radical (unpaired) electrons. The average Bonchev–Trinajstić information content (AvgIpc) is 3.07. The number of hydrogen-bond donors (Lipinski definition) is 1. The number of aromatic nitrogens is 1. The quantitative estimate of drug-likeness (QED) is 0.727. The van der Waals surface area contributed by atoms with Crippen LogP contribution in [0.1, 0.15) is 17.5 Å². The van der Waals surface area contributed by atoms with Crippen LogP contribution in [0.5, 0.6) is 0 Å². The Hall–Kier alpha value is -2.49. The number of carbonyl (C=O) groups excluding carboxylic acids is 1. The van der Waals surface area contributed by atoms with E-state index in [4.69, 9.17) is 9.15 Å². The molecule has 3 aromatic rings. The number of esters is 1. The smallest absolute Gasteiger partial charge is 0.374 e. The van der Waals surface area contributed by atoms with Gasteiger partial charge in [0.15, 0.2) is 0 Å². The summed E-state index contributed by atoms with van der Waals surface area (Å²) in [5.74, 6) is 0.452. The van der Waals surface area contributed by atoms with Crippen molar-refractivity contribution in [2.75, 3.05) is 6.61 Å². The summed E-state index contributed by atoms with van der Waals surface area (Å²) in [6.07, 6.45) is 1.89. The van der Waals surface area contributed by atoms with Crippen LogP contribution >= 0.6 is 0 Å². The third-order valence-electron chi connectivity index (χ3n) is 2.92. The Labute approximate surface area is 110 Å². The third-order valence-corrected chi connectivity index (χ3v) is 2.92. The molecule has 4 nitrogen and oxygen atoms in total. The zero-order valence-electron chi connectivity index (χ0n) is 10.5. The van der Waals surface area contributed by atoms with Crippen LogP contribution in [0.2, 0.25) is 0 Å². The Bertz CT molecular complexity index is 724. The molecule has 0 aliphatic heterocycles. The van der Waals surface area contributed by atoms with E-state index >= 15 is 0 Å². The lowest BCUT2D eigenvalue weighted by Gasteiger charge is -1.99. The number of furan rings is 1. The summed E-state index contributed by atoms with van der Waals surface area (Å²) < 4.78 is 10.4. The molecule has 4 heteroatoms. The minimum atomic E-state index is -0.434. The number of benzene rings is 1. The minimum absolute atomic E-state index is 0.228. The zero-order valence-corrected chi connectivity index (χ0v) is 10.5. The molecule has 0 bridgehead atoms. The van der Waals surface area contributed by atoms with Crippen molar-refractivity contribution >= 4 is 16.9 Å². The van der Waals surface area contributed by atoms with E-state index in [1.165, 1.54) is 0 Å². The predicted molar refractivity (Wildman–Crippen MR) is 72.0 cm³/mol. The van der Waals surface area contributed by atoms with Crippen molar-refractivity contribution in [3.05, 3.63) is 48.4 Å². The van der Waals surface area contributed by atoms with Gasteiger partial charge in [0.1, 0.15) is 5.76 Å². The molecule has 0 unspecified atom stereocenters. The van der Waals surface area contributed by atoms with E-state index < -0.39 is 5.97 Å². The van der Waals surface area contributed by atoms with Crippen molar-refractivity contribution < 1.29 is 13.9 Å². The standard InChI is InChI=1S/C15H13NO3/c1-2-18-15(17)14-6-5-13(19-14)11-3-4-12-10(9-11)7-8-16-12/h3-9,16H,2H2,1H3. The first-order valence-electron chi connectivity index (χ1n) is 6.12. The molecule has 1 N–H and O–H groups in total. The summed E-state index contributed by atoms with van der Waals surface area (Å²) in [5, 5.41) is 1.10. The number of hydrogen-bond acceptors (Lipinski definition) is 3. The monoisotopic (exact) mass is 255 g/mol. The Morgan fingerprint density at radius 3 is 3.00 bits per heavy atom. The van der Waals surface area contributed by atoms with E-state index in [9.17, 15) is 4.79 Å². The highest BCUT2D eigenvalue weighted by atomic mass is 16.5. The number of H-pyrrole nitrogens is 1. The molecule has 3 rings (SSSR count). The van der Waals surface area contributed by atoms with Crippen LogP contribution in [0, 0.1) is 0 Å². The molecule has 96 valence electrons. The van der Waals surface area contributed by atoms with E-state index in [1.807, 2.05) is 30.5 Å². The fraction of sp³-hybridized carbons (Fsp3) is 0.133. The van der Waals surface area contributed by atoms with Crippen LogP contribution in [-0.2, 0) is 4.74 Å². The highest BCUT2D eigenvalue weighted by Crippen LogP contribution is 2.26. The summed E-state index contributed by atoms with van der Waals surface area (Å²) in [4.78, 5) is 14.7. The summed E-state index contributed by atoms with van der Waals surface area (Å²) in [5.41, 5.74) is 2.00. The lowest BCUT2D eigenvalue weighted by Crippen LogP contribution is -2.02. The zero-order chi connectivity index (χ0) is 13.2. The van der Waals surface area contributed by atoms with Crippen molar-refractivity contribution in [1.82, 2.24) is 4.98 Å². The number of aromatic amines is 1. The molecule has 0 atom stereocenters. The number of fused-ring (bicyclic) bond motifs is 1. The molecule has 0 fully saturated rings. The predicted octanol–water partition coefficient (Wildman–Crippen LogP) is 3.60. The largest absolute Gasteiger partial charge is 0.460 e. The third kappa shape index (κ3) is 2.12. The first-order chi connectivity index (χ1) is 9.28. The second kappa shape index (κ2) is 4.65. The van der Waals surface area contributed by atoms with Gasteiger partial charge in [0.05, 0.1) is 6.61 Å². The second-order valence-corrected chi connectivity index (χ2v) is 4.16. The molecule has 2 aromatic heterocycles. The van der Waals surface area contributed by atoms with Gasteiger partial charge >= 0.3 is 5.97 Å². The van der Waals surface area contributed by atoms with Crippen LogP contribution in [0.4, 0.5) is 0 Å². The van der Waals surface area contributed by atoms with E-state index in [2.05, 4.69) is 4.98 Å². The highest BCUT2D eigenvalue weighted by molar-refractivity contribution is 5.88. The second-order valence-electron chi connectivity index (χ2n) is 4.16. The van der Waals surface area contributed by atoms with E-state index in [-0.39, 0.29) is 5.76 Å². The van der Waals surface area contributed by atoms with Gasteiger partial charge in [0.25, 0.3) is 0 Å². The van der Waals surface area contributed by atoms with Gasteiger partial charge in [-0.15, -0.1) is 0 Å². The number of rotatable bonds is 3. The van der Waals surface area contributed by atoms with Crippen LogP contribution in [0.15, 0.2) is 47.0 Å². The molecular formula is C15H13NO3. The molecule has 0 saturated carbocycles. The van der Waals surface area contributed by atoms with Gasteiger partial charge in [0, 0.05) is 22.7 Å². The van der Waals surface area contributed by atoms with Crippen molar-refractivity contribution in [2.24, 2.45) is 0 Å². The van der Waals surface area contributed by atoms with Gasteiger partial charge in [-0.2, -0.15) is 0 Å². The Balaban J connectivity index is 1.95. The lowest BCUT2D eigenvalue weighted by atomic mass is 10.1. The Morgan fingerprint density at radius 1 is 1.26 bits per heavy atom. The first-order valence-corrected chi connectivity index (χ1v) is 6.12. The molecule has 0 amide bonds. The summed E-state index contributed by atoms with van der Waals surface area (Å²) in [6.45, 7) is 2.10. The van der Waals surface area contributed by atoms with Crippen LogP contribution in [0.25, 0.3) is 22.2 Å². The molecule has 0 saturated heterocycles. The molecule has 0 aliphatic carbocycles. The average molecular weight is 255 g/mol. The van der Waals surface area contributed by atoms with Gasteiger partial charge in [-0.05, 0) is 43.3 Å². The van der Waals surface area contributed by atoms with Crippen molar-refractivity contribution in [1.29, 1.82) is 0 Å². The minimum Gasteiger partial charge on any atom is -0.460 e. The first kappa shape index (κ1) is 11.6. The Kier molecular flexibility index (Phi) is 2.83. The molecule has 19 heavy (non-hydrogen) atoms.